The minimum absolute atomic E-state index is 0.586. The van der Waals surface area contributed by atoms with E-state index in [1.54, 1.807) is 23.7 Å². The highest BCUT2D eigenvalue weighted by Gasteiger charge is 2.22. The van der Waals surface area contributed by atoms with Crippen LogP contribution in [-0.2, 0) is 0 Å². The quantitative estimate of drug-likeness (QED) is 0.173. The molecule has 0 aliphatic rings. The summed E-state index contributed by atoms with van der Waals surface area (Å²) in [7, 11) is 0. The molecule has 0 saturated heterocycles. The molecule has 7 heteroatoms. The summed E-state index contributed by atoms with van der Waals surface area (Å²) < 4.78 is 11.0. The first-order chi connectivity index (χ1) is 30.2. The number of hydrogen-bond acceptors (Lipinski definition) is 6. The van der Waals surface area contributed by atoms with Gasteiger partial charge in [0.2, 0.25) is 0 Å². The summed E-state index contributed by atoms with van der Waals surface area (Å²) in [5.41, 5.74) is 9.98. The van der Waals surface area contributed by atoms with E-state index < -0.39 is 0 Å². The predicted octanol–water partition coefficient (Wildman–Crippen LogP) is 14.5. The molecule has 284 valence electrons. The number of rotatable bonds is 5. The van der Waals surface area contributed by atoms with Crippen molar-refractivity contribution in [1.29, 1.82) is 0 Å². The smallest absolute Gasteiger partial charge is 0.164 e. The summed E-state index contributed by atoms with van der Waals surface area (Å²) >= 11 is 1.79. The maximum absolute atomic E-state index is 6.16. The predicted molar refractivity (Wildman–Crippen MR) is 251 cm³/mol. The lowest BCUT2D eigenvalue weighted by molar-refractivity contribution is 0.667. The Morgan fingerprint density at radius 3 is 2.07 bits per heavy atom. The third kappa shape index (κ3) is 5.27. The van der Waals surface area contributed by atoms with Gasteiger partial charge in [-0.15, -0.1) is 11.3 Å². The van der Waals surface area contributed by atoms with Gasteiger partial charge in [-0.2, -0.15) is 0 Å². The van der Waals surface area contributed by atoms with Crippen LogP contribution in [0.1, 0.15) is 0 Å². The molecule has 0 unspecified atom stereocenters. The number of nitrogens with zero attached hydrogens (tertiary/aromatic N) is 5. The molecule has 61 heavy (non-hydrogen) atoms. The number of thiophene rings is 1. The van der Waals surface area contributed by atoms with Crippen LogP contribution in [0.3, 0.4) is 0 Å². The van der Waals surface area contributed by atoms with Crippen LogP contribution in [-0.4, -0.2) is 24.5 Å². The largest absolute Gasteiger partial charge is 0.454 e. The van der Waals surface area contributed by atoms with Gasteiger partial charge in [0.1, 0.15) is 5.58 Å². The van der Waals surface area contributed by atoms with Gasteiger partial charge in [-0.05, 0) is 77.2 Å². The van der Waals surface area contributed by atoms with E-state index in [-0.39, 0.29) is 0 Å². The molecule has 0 N–H and O–H groups in total. The topological polar surface area (TPSA) is 69.6 Å². The molecule has 13 rings (SSSR count). The summed E-state index contributed by atoms with van der Waals surface area (Å²) in [5, 5.41) is 9.13. The number of hydrogen-bond donors (Lipinski definition) is 0. The third-order valence-corrected chi connectivity index (χ3v) is 13.1. The fourth-order valence-electron chi connectivity index (χ4n) is 9.22. The van der Waals surface area contributed by atoms with Crippen molar-refractivity contribution in [2.75, 3.05) is 0 Å². The molecule has 13 aromatic rings. The van der Waals surface area contributed by atoms with Crippen molar-refractivity contribution in [2.24, 2.45) is 0 Å². The number of pyridine rings is 1. The summed E-state index contributed by atoms with van der Waals surface area (Å²) in [6.07, 6.45) is 3.56. The highest BCUT2D eigenvalue weighted by atomic mass is 32.1. The van der Waals surface area contributed by atoms with Crippen LogP contribution in [0.15, 0.2) is 193 Å². The Kier molecular flexibility index (Phi) is 7.37. The zero-order valence-electron chi connectivity index (χ0n) is 32.5. The molecule has 0 atom stereocenters. The number of aromatic nitrogens is 5. The van der Waals surface area contributed by atoms with Gasteiger partial charge >= 0.3 is 0 Å². The van der Waals surface area contributed by atoms with Crippen LogP contribution in [0.2, 0.25) is 0 Å². The van der Waals surface area contributed by atoms with Gasteiger partial charge in [0.05, 0.1) is 17.2 Å². The Labute approximate surface area is 352 Å². The van der Waals surface area contributed by atoms with Crippen LogP contribution in [0, 0.1) is 0 Å². The van der Waals surface area contributed by atoms with E-state index in [2.05, 4.69) is 167 Å². The maximum Gasteiger partial charge on any atom is 0.164 e. The lowest BCUT2D eigenvalue weighted by Gasteiger charge is -2.14. The van der Waals surface area contributed by atoms with Crippen LogP contribution in [0.5, 0.6) is 0 Å². The second-order valence-electron chi connectivity index (χ2n) is 15.4. The van der Waals surface area contributed by atoms with Crippen LogP contribution < -0.4 is 0 Å². The fraction of sp³-hybridized carbons (Fsp3) is 0. The highest BCUT2D eigenvalue weighted by molar-refractivity contribution is 7.25. The van der Waals surface area contributed by atoms with E-state index in [0.717, 1.165) is 55.2 Å². The van der Waals surface area contributed by atoms with E-state index in [1.807, 2.05) is 18.2 Å². The number of furan rings is 1. The SMILES string of the molecule is c1ccc(-c2cc3ccccc3c3c2c2ccccc2n3-c2cccc(-c3nc(-c4ccc5oc6cnccc6c5c4)nc(-c4cccc5sc6ccccc6c45)n3)c2)cc1. The fourth-order valence-corrected chi connectivity index (χ4v) is 10.4. The van der Waals surface area contributed by atoms with Gasteiger partial charge in [-0.3, -0.25) is 4.98 Å². The lowest BCUT2D eigenvalue weighted by Crippen LogP contribution is -2.01. The van der Waals surface area contributed by atoms with Crippen LogP contribution in [0.25, 0.3) is 126 Å². The average Bonchev–Trinajstić information content (AvgIpc) is 4.01. The molecule has 0 aliphatic heterocycles. The van der Waals surface area contributed by atoms with Crippen molar-refractivity contribution < 1.29 is 4.42 Å². The van der Waals surface area contributed by atoms with E-state index in [0.29, 0.717) is 17.5 Å². The number of para-hydroxylation sites is 1. The van der Waals surface area contributed by atoms with Gasteiger partial charge < -0.3 is 8.98 Å². The van der Waals surface area contributed by atoms with Gasteiger partial charge in [-0.25, -0.2) is 15.0 Å². The molecule has 0 fully saturated rings. The highest BCUT2D eigenvalue weighted by Crippen LogP contribution is 2.44. The Balaban J connectivity index is 1.07. The van der Waals surface area contributed by atoms with Crippen molar-refractivity contribution in [3.63, 3.8) is 0 Å². The number of benzene rings is 8. The van der Waals surface area contributed by atoms with E-state index in [4.69, 9.17) is 19.4 Å². The molecule has 5 heterocycles. The van der Waals surface area contributed by atoms with Crippen LogP contribution in [0.4, 0.5) is 0 Å². The molecule has 0 radical (unpaired) electrons. The van der Waals surface area contributed by atoms with Crippen molar-refractivity contribution >= 4 is 86.0 Å². The van der Waals surface area contributed by atoms with Crippen molar-refractivity contribution in [3.05, 3.63) is 188 Å². The minimum Gasteiger partial charge on any atom is -0.454 e. The molecule has 0 bridgehead atoms. The Morgan fingerprint density at radius 2 is 1.16 bits per heavy atom. The lowest BCUT2D eigenvalue weighted by atomic mass is 9.95. The van der Waals surface area contributed by atoms with Gasteiger partial charge in [0.15, 0.2) is 23.1 Å². The zero-order valence-corrected chi connectivity index (χ0v) is 33.3. The standard InChI is InChI=1S/C54H31N5OS/c1-2-12-32(13-3-1)42-29-33-14-4-5-17-37(33)51-50(42)39-18-6-8-21-44(39)59(51)36-16-10-15-34(28-36)52-56-53(35-24-25-45-43(30-35)38-26-27-55-31-46(38)60-45)58-54(57-52)41-20-11-23-48-49(41)40-19-7-9-22-47(40)61-48/h1-31H. The molecule has 0 saturated carbocycles. The molecule has 0 amide bonds. The Hall–Kier alpha value is -8.00. The first kappa shape index (κ1) is 33.9. The summed E-state index contributed by atoms with van der Waals surface area (Å²) in [6, 6.07) is 62.2. The second kappa shape index (κ2) is 13.3. The monoisotopic (exact) mass is 797 g/mol. The first-order valence-corrected chi connectivity index (χ1v) is 21.1. The van der Waals surface area contributed by atoms with Crippen LogP contribution >= 0.6 is 11.3 Å². The number of fused-ring (bicyclic) bond motifs is 11. The molecule has 6 nitrogen and oxygen atoms in total. The third-order valence-electron chi connectivity index (χ3n) is 11.9. The van der Waals surface area contributed by atoms with E-state index >= 15 is 0 Å². The summed E-state index contributed by atoms with van der Waals surface area (Å²) in [4.78, 5) is 20.2. The van der Waals surface area contributed by atoms with Crippen molar-refractivity contribution in [2.45, 2.75) is 0 Å². The maximum atomic E-state index is 6.16. The molecular formula is C54H31N5OS. The van der Waals surface area contributed by atoms with Gasteiger partial charge in [0.25, 0.3) is 0 Å². The molecule has 0 spiro atoms. The van der Waals surface area contributed by atoms with E-state index in [9.17, 15) is 0 Å². The van der Waals surface area contributed by atoms with Gasteiger partial charge in [0, 0.05) is 75.7 Å². The van der Waals surface area contributed by atoms with Crippen molar-refractivity contribution in [3.8, 4) is 51.0 Å². The zero-order chi connectivity index (χ0) is 40.0. The molecule has 8 aromatic carbocycles. The Bertz CT molecular complexity index is 3900. The molecular weight excluding hydrogens is 767 g/mol. The summed E-state index contributed by atoms with van der Waals surface area (Å²) in [5.74, 6) is 1.80. The normalized spacial score (nSPS) is 11.9. The minimum atomic E-state index is 0.586. The van der Waals surface area contributed by atoms with Crippen molar-refractivity contribution in [1.82, 2.24) is 24.5 Å². The first-order valence-electron chi connectivity index (χ1n) is 20.3. The average molecular weight is 798 g/mol. The van der Waals surface area contributed by atoms with E-state index in [1.165, 1.54) is 53.0 Å². The Morgan fingerprint density at radius 1 is 0.443 bits per heavy atom. The van der Waals surface area contributed by atoms with Gasteiger partial charge in [-0.1, -0.05) is 115 Å². The molecule has 5 aromatic heterocycles. The summed E-state index contributed by atoms with van der Waals surface area (Å²) in [6.45, 7) is 0. The second-order valence-corrected chi connectivity index (χ2v) is 16.5. The molecule has 0 aliphatic carbocycles.